The minimum atomic E-state index is -0.987. The summed E-state index contributed by atoms with van der Waals surface area (Å²) in [6.07, 6.45) is -0.158. The van der Waals surface area contributed by atoms with Crippen molar-refractivity contribution in [1.29, 1.82) is 0 Å². The van der Waals surface area contributed by atoms with Gasteiger partial charge < -0.3 is 14.6 Å². The lowest BCUT2D eigenvalue weighted by molar-refractivity contribution is -0.151. The topological polar surface area (TPSA) is 76.1 Å². The van der Waals surface area contributed by atoms with Gasteiger partial charge in [-0.15, -0.1) is 0 Å². The number of likely N-dealkylation sites (tertiary alicyclic amines) is 1. The molecule has 16 heavy (non-hydrogen) atoms. The van der Waals surface area contributed by atoms with Crippen molar-refractivity contribution in [3.63, 3.8) is 0 Å². The fourth-order valence-electron chi connectivity index (χ4n) is 2.59. The van der Waals surface area contributed by atoms with Gasteiger partial charge in [-0.3, -0.25) is 4.90 Å². The minimum absolute atomic E-state index is 0.215. The normalized spacial score (nSPS) is 36.3. The molecule has 0 unspecified atom stereocenters. The Kier molecular flexibility index (Phi) is 2.53. The number of amides is 1. The summed E-state index contributed by atoms with van der Waals surface area (Å²) < 4.78 is 9.35. The van der Waals surface area contributed by atoms with Crippen LogP contribution in [0, 0.1) is 5.92 Å². The van der Waals surface area contributed by atoms with Crippen LogP contribution in [-0.2, 0) is 14.3 Å². The fourth-order valence-corrected chi connectivity index (χ4v) is 2.59. The molecular formula is C10H15NO5. The predicted octanol–water partition coefficient (Wildman–Crippen LogP) is -0.249. The van der Waals surface area contributed by atoms with Crippen LogP contribution in [0.5, 0.6) is 0 Å². The van der Waals surface area contributed by atoms with E-state index in [-0.39, 0.29) is 5.92 Å². The molecule has 0 spiro atoms. The summed E-state index contributed by atoms with van der Waals surface area (Å²) in [5, 5.41) is 9.71. The number of fused-ring (bicyclic) bond motifs is 1. The van der Waals surface area contributed by atoms with E-state index in [1.165, 1.54) is 19.1 Å². The first kappa shape index (κ1) is 11.2. The van der Waals surface area contributed by atoms with Crippen LogP contribution in [0.2, 0.25) is 0 Å². The van der Waals surface area contributed by atoms with Crippen molar-refractivity contribution in [3.05, 3.63) is 0 Å². The molecule has 2 rings (SSSR count). The van der Waals surface area contributed by atoms with E-state index in [9.17, 15) is 14.7 Å². The SMILES string of the molecule is COC(=O)N1CC[C@@H](O)[C@@H]2C[C@@]21C(=O)OC. The van der Waals surface area contributed by atoms with Crippen LogP contribution in [0.1, 0.15) is 12.8 Å². The van der Waals surface area contributed by atoms with Crippen molar-refractivity contribution in [2.75, 3.05) is 20.8 Å². The van der Waals surface area contributed by atoms with E-state index >= 15 is 0 Å². The number of aliphatic hydroxyl groups is 1. The monoisotopic (exact) mass is 229 g/mol. The van der Waals surface area contributed by atoms with E-state index < -0.39 is 23.7 Å². The molecule has 1 aliphatic carbocycles. The minimum Gasteiger partial charge on any atom is -0.467 e. The van der Waals surface area contributed by atoms with E-state index in [0.29, 0.717) is 19.4 Å². The molecule has 0 radical (unpaired) electrons. The molecule has 90 valence electrons. The van der Waals surface area contributed by atoms with Crippen molar-refractivity contribution < 1.29 is 24.2 Å². The zero-order valence-corrected chi connectivity index (χ0v) is 9.30. The van der Waals surface area contributed by atoms with Crippen molar-refractivity contribution in [1.82, 2.24) is 4.90 Å². The first-order valence-corrected chi connectivity index (χ1v) is 5.20. The maximum Gasteiger partial charge on any atom is 0.410 e. The van der Waals surface area contributed by atoms with Gasteiger partial charge >= 0.3 is 12.1 Å². The Hall–Kier alpha value is -1.30. The molecule has 6 nitrogen and oxygen atoms in total. The highest BCUT2D eigenvalue weighted by Crippen LogP contribution is 2.54. The van der Waals surface area contributed by atoms with E-state index in [1.807, 2.05) is 0 Å². The molecule has 2 fully saturated rings. The van der Waals surface area contributed by atoms with Crippen molar-refractivity contribution in [3.8, 4) is 0 Å². The van der Waals surface area contributed by atoms with Gasteiger partial charge in [0.15, 0.2) is 0 Å². The molecule has 0 aromatic heterocycles. The molecule has 0 aromatic rings. The summed E-state index contributed by atoms with van der Waals surface area (Å²) in [4.78, 5) is 24.6. The quantitative estimate of drug-likeness (QED) is 0.627. The predicted molar refractivity (Wildman–Crippen MR) is 52.6 cm³/mol. The second-order valence-corrected chi connectivity index (χ2v) is 4.20. The second kappa shape index (κ2) is 3.62. The molecule has 6 heteroatoms. The smallest absolute Gasteiger partial charge is 0.410 e. The molecular weight excluding hydrogens is 214 g/mol. The average molecular weight is 229 g/mol. The molecule has 2 aliphatic rings. The van der Waals surface area contributed by atoms with Crippen LogP contribution in [-0.4, -0.2) is 54.5 Å². The number of rotatable bonds is 1. The maximum absolute atomic E-state index is 11.7. The number of carbonyl (C=O) groups is 2. The molecule has 1 saturated carbocycles. The van der Waals surface area contributed by atoms with Crippen LogP contribution in [0.15, 0.2) is 0 Å². The van der Waals surface area contributed by atoms with E-state index in [4.69, 9.17) is 4.74 Å². The molecule has 0 bridgehead atoms. The van der Waals surface area contributed by atoms with Gasteiger partial charge in [0.05, 0.1) is 20.3 Å². The van der Waals surface area contributed by atoms with Gasteiger partial charge in [0.1, 0.15) is 5.54 Å². The molecule has 1 N–H and O–H groups in total. The lowest BCUT2D eigenvalue weighted by atomic mass is 10.00. The van der Waals surface area contributed by atoms with Crippen LogP contribution in [0.4, 0.5) is 4.79 Å². The zero-order chi connectivity index (χ0) is 11.9. The Balaban J connectivity index is 2.26. The Bertz CT molecular complexity index is 331. The van der Waals surface area contributed by atoms with Gasteiger partial charge in [0, 0.05) is 12.5 Å². The third-order valence-electron chi connectivity index (χ3n) is 3.51. The summed E-state index contributed by atoms with van der Waals surface area (Å²) in [5.41, 5.74) is -0.987. The van der Waals surface area contributed by atoms with Crippen LogP contribution < -0.4 is 0 Å². The number of hydrogen-bond donors (Lipinski definition) is 1. The van der Waals surface area contributed by atoms with Gasteiger partial charge in [0.2, 0.25) is 0 Å². The molecule has 3 atom stereocenters. The Labute approximate surface area is 93.1 Å². The zero-order valence-electron chi connectivity index (χ0n) is 9.30. The van der Waals surface area contributed by atoms with Gasteiger partial charge in [-0.05, 0) is 12.8 Å². The Morgan fingerprint density at radius 3 is 2.62 bits per heavy atom. The van der Waals surface area contributed by atoms with Crippen LogP contribution in [0.3, 0.4) is 0 Å². The number of methoxy groups -OCH3 is 2. The lowest BCUT2D eigenvalue weighted by Crippen LogP contribution is -2.54. The van der Waals surface area contributed by atoms with E-state index in [1.54, 1.807) is 0 Å². The van der Waals surface area contributed by atoms with Crippen LogP contribution >= 0.6 is 0 Å². The van der Waals surface area contributed by atoms with Gasteiger partial charge in [-0.2, -0.15) is 0 Å². The highest BCUT2D eigenvalue weighted by Gasteiger charge is 2.70. The number of ether oxygens (including phenoxy) is 2. The molecule has 1 amide bonds. The lowest BCUT2D eigenvalue weighted by Gasteiger charge is -2.34. The van der Waals surface area contributed by atoms with Gasteiger partial charge in [-0.25, -0.2) is 9.59 Å². The van der Waals surface area contributed by atoms with Gasteiger partial charge in [-0.1, -0.05) is 0 Å². The number of piperidine rings is 1. The standard InChI is InChI=1S/C10H15NO5/c1-15-8(13)10-5-6(10)7(12)3-4-11(10)9(14)16-2/h6-7,12H,3-5H2,1-2H3/t6-,7+,10-/m0/s1. The second-order valence-electron chi connectivity index (χ2n) is 4.20. The number of carbonyl (C=O) groups excluding carboxylic acids is 2. The van der Waals surface area contributed by atoms with E-state index in [2.05, 4.69) is 4.74 Å². The highest BCUT2D eigenvalue weighted by molar-refractivity contribution is 5.90. The Morgan fingerprint density at radius 2 is 2.06 bits per heavy atom. The largest absolute Gasteiger partial charge is 0.467 e. The number of nitrogens with zero attached hydrogens (tertiary/aromatic N) is 1. The third kappa shape index (κ3) is 1.29. The van der Waals surface area contributed by atoms with Gasteiger partial charge in [0.25, 0.3) is 0 Å². The number of aliphatic hydroxyl groups excluding tert-OH is 1. The molecule has 0 aromatic carbocycles. The summed E-state index contributed by atoms with van der Waals surface area (Å²) in [6.45, 7) is 0.319. The summed E-state index contributed by atoms with van der Waals surface area (Å²) in [5.74, 6) is -0.686. The van der Waals surface area contributed by atoms with Crippen molar-refractivity contribution >= 4 is 12.1 Å². The fraction of sp³-hybridized carbons (Fsp3) is 0.800. The highest BCUT2D eigenvalue weighted by atomic mass is 16.5. The Morgan fingerprint density at radius 1 is 1.38 bits per heavy atom. The average Bonchev–Trinajstić information content (AvgIpc) is 3.05. The number of esters is 1. The first-order valence-electron chi connectivity index (χ1n) is 5.20. The molecule has 1 aliphatic heterocycles. The van der Waals surface area contributed by atoms with Crippen molar-refractivity contribution in [2.24, 2.45) is 5.92 Å². The number of hydrogen-bond acceptors (Lipinski definition) is 5. The van der Waals surface area contributed by atoms with Crippen molar-refractivity contribution in [2.45, 2.75) is 24.5 Å². The summed E-state index contributed by atoms with van der Waals surface area (Å²) >= 11 is 0. The maximum atomic E-state index is 11.7. The third-order valence-corrected chi connectivity index (χ3v) is 3.51. The van der Waals surface area contributed by atoms with E-state index in [0.717, 1.165) is 0 Å². The summed E-state index contributed by atoms with van der Waals surface area (Å²) in [7, 11) is 2.55. The van der Waals surface area contributed by atoms with Crippen LogP contribution in [0.25, 0.3) is 0 Å². The molecule has 1 heterocycles. The first-order chi connectivity index (χ1) is 7.57. The molecule has 1 saturated heterocycles. The summed E-state index contributed by atoms with van der Waals surface area (Å²) in [6, 6.07) is 0.